The molecule has 0 aromatic heterocycles. The van der Waals surface area contributed by atoms with Crippen LogP contribution in [0.3, 0.4) is 0 Å². The van der Waals surface area contributed by atoms with Crippen molar-refractivity contribution < 1.29 is 0 Å². The SMILES string of the molecule is Cc1ccc(C)c(CC(Cl)c2ccc(Cl)cc2C)c1. The molecule has 0 aliphatic heterocycles. The predicted octanol–water partition coefficient (Wildman–Crippen LogP) is 5.79. The van der Waals surface area contributed by atoms with Crippen LogP contribution in [-0.2, 0) is 6.42 Å². The summed E-state index contributed by atoms with van der Waals surface area (Å²) in [5.41, 5.74) is 6.19. The van der Waals surface area contributed by atoms with E-state index >= 15 is 0 Å². The maximum atomic E-state index is 6.58. The highest BCUT2D eigenvalue weighted by Gasteiger charge is 2.13. The second-order valence-corrected chi connectivity index (χ2v) is 6.07. The lowest BCUT2D eigenvalue weighted by Crippen LogP contribution is -2.00. The van der Waals surface area contributed by atoms with Crippen LogP contribution in [0.1, 0.15) is 33.2 Å². The van der Waals surface area contributed by atoms with Crippen LogP contribution in [0.15, 0.2) is 36.4 Å². The van der Waals surface area contributed by atoms with E-state index in [-0.39, 0.29) is 5.38 Å². The van der Waals surface area contributed by atoms with E-state index in [1.165, 1.54) is 16.7 Å². The van der Waals surface area contributed by atoms with Gasteiger partial charge in [-0.2, -0.15) is 0 Å². The molecule has 0 fully saturated rings. The van der Waals surface area contributed by atoms with Crippen molar-refractivity contribution in [3.8, 4) is 0 Å². The number of aryl methyl sites for hydroxylation is 3. The quantitative estimate of drug-likeness (QED) is 0.628. The van der Waals surface area contributed by atoms with Crippen LogP contribution in [0.2, 0.25) is 5.02 Å². The minimum Gasteiger partial charge on any atom is -0.117 e. The summed E-state index contributed by atoms with van der Waals surface area (Å²) in [5.74, 6) is 0. The number of rotatable bonds is 3. The first kappa shape index (κ1) is 14.4. The van der Waals surface area contributed by atoms with Crippen molar-refractivity contribution in [1.82, 2.24) is 0 Å². The van der Waals surface area contributed by atoms with Crippen molar-refractivity contribution in [2.45, 2.75) is 32.6 Å². The molecule has 0 amide bonds. The van der Waals surface area contributed by atoms with E-state index in [2.05, 4.69) is 39.0 Å². The Hall–Kier alpha value is -0.980. The highest BCUT2D eigenvalue weighted by molar-refractivity contribution is 6.30. The lowest BCUT2D eigenvalue weighted by Gasteiger charge is -2.15. The van der Waals surface area contributed by atoms with Crippen molar-refractivity contribution in [1.29, 1.82) is 0 Å². The third-order valence-corrected chi connectivity index (χ3v) is 4.10. The largest absolute Gasteiger partial charge is 0.117 e. The van der Waals surface area contributed by atoms with Gasteiger partial charge in [0.15, 0.2) is 0 Å². The summed E-state index contributed by atoms with van der Waals surface area (Å²) in [4.78, 5) is 0. The minimum absolute atomic E-state index is 0.0160. The van der Waals surface area contributed by atoms with Crippen LogP contribution in [0.4, 0.5) is 0 Å². The molecule has 100 valence electrons. The normalized spacial score (nSPS) is 12.5. The van der Waals surface area contributed by atoms with Gasteiger partial charge < -0.3 is 0 Å². The molecule has 2 rings (SSSR count). The first-order valence-electron chi connectivity index (χ1n) is 6.43. The maximum absolute atomic E-state index is 6.58. The second kappa shape index (κ2) is 5.98. The smallest absolute Gasteiger partial charge is 0.0628 e. The fourth-order valence-corrected chi connectivity index (χ4v) is 2.95. The van der Waals surface area contributed by atoms with Gasteiger partial charge in [-0.15, -0.1) is 11.6 Å². The van der Waals surface area contributed by atoms with Crippen molar-refractivity contribution in [3.63, 3.8) is 0 Å². The third-order valence-electron chi connectivity index (χ3n) is 3.47. The van der Waals surface area contributed by atoms with Crippen LogP contribution in [0, 0.1) is 20.8 Å². The van der Waals surface area contributed by atoms with Gasteiger partial charge in [-0.3, -0.25) is 0 Å². The van der Waals surface area contributed by atoms with Gasteiger partial charge >= 0.3 is 0 Å². The van der Waals surface area contributed by atoms with Gasteiger partial charge in [0, 0.05) is 5.02 Å². The zero-order chi connectivity index (χ0) is 14.0. The summed E-state index contributed by atoms with van der Waals surface area (Å²) >= 11 is 12.6. The van der Waals surface area contributed by atoms with Crippen LogP contribution in [0.5, 0.6) is 0 Å². The fraction of sp³-hybridized carbons (Fsp3) is 0.294. The van der Waals surface area contributed by atoms with Gasteiger partial charge in [0.25, 0.3) is 0 Å². The van der Waals surface area contributed by atoms with Crippen LogP contribution >= 0.6 is 23.2 Å². The van der Waals surface area contributed by atoms with E-state index in [1.807, 2.05) is 18.2 Å². The molecule has 0 nitrogen and oxygen atoms in total. The number of alkyl halides is 1. The molecule has 2 aromatic rings. The average molecular weight is 293 g/mol. The van der Waals surface area contributed by atoms with E-state index in [9.17, 15) is 0 Å². The summed E-state index contributed by atoms with van der Waals surface area (Å²) in [6, 6.07) is 12.4. The molecule has 2 heteroatoms. The zero-order valence-electron chi connectivity index (χ0n) is 11.5. The molecule has 1 atom stereocenters. The summed E-state index contributed by atoms with van der Waals surface area (Å²) in [6.07, 6.45) is 0.845. The molecule has 2 aromatic carbocycles. The highest BCUT2D eigenvalue weighted by atomic mass is 35.5. The highest BCUT2D eigenvalue weighted by Crippen LogP contribution is 2.30. The van der Waals surface area contributed by atoms with E-state index in [0.717, 1.165) is 22.6 Å². The molecule has 0 aliphatic carbocycles. The fourth-order valence-electron chi connectivity index (χ4n) is 2.31. The first-order valence-corrected chi connectivity index (χ1v) is 7.25. The molecule has 0 bridgehead atoms. The lowest BCUT2D eigenvalue weighted by molar-refractivity contribution is 0.900. The summed E-state index contributed by atoms with van der Waals surface area (Å²) in [6.45, 7) is 6.30. The van der Waals surface area contributed by atoms with E-state index < -0.39 is 0 Å². The molecular formula is C17H18Cl2. The van der Waals surface area contributed by atoms with Crippen molar-refractivity contribution >= 4 is 23.2 Å². The van der Waals surface area contributed by atoms with Gasteiger partial charge in [-0.1, -0.05) is 41.4 Å². The molecule has 0 saturated heterocycles. The van der Waals surface area contributed by atoms with Gasteiger partial charge in [-0.25, -0.2) is 0 Å². The second-order valence-electron chi connectivity index (χ2n) is 5.10. The third kappa shape index (κ3) is 3.52. The van der Waals surface area contributed by atoms with Gasteiger partial charge in [-0.05, 0) is 61.6 Å². The van der Waals surface area contributed by atoms with E-state index in [0.29, 0.717) is 0 Å². The van der Waals surface area contributed by atoms with E-state index in [1.54, 1.807) is 0 Å². The Morgan fingerprint density at radius 2 is 1.68 bits per heavy atom. The Balaban J connectivity index is 2.25. The monoisotopic (exact) mass is 292 g/mol. The molecule has 0 saturated carbocycles. The Bertz CT molecular complexity index is 588. The molecular weight excluding hydrogens is 275 g/mol. The average Bonchev–Trinajstić information content (AvgIpc) is 2.33. The standard InChI is InChI=1S/C17H18Cl2/c1-11-4-5-12(2)14(8-11)10-17(19)16-7-6-15(18)9-13(16)3/h4-9,17H,10H2,1-3H3. The molecule has 0 N–H and O–H groups in total. The van der Waals surface area contributed by atoms with Gasteiger partial charge in [0.1, 0.15) is 0 Å². The number of hydrogen-bond donors (Lipinski definition) is 0. The molecule has 1 unspecified atom stereocenters. The van der Waals surface area contributed by atoms with E-state index in [4.69, 9.17) is 23.2 Å². The van der Waals surface area contributed by atoms with Crippen molar-refractivity contribution in [2.24, 2.45) is 0 Å². The number of hydrogen-bond acceptors (Lipinski definition) is 0. The van der Waals surface area contributed by atoms with Gasteiger partial charge in [0.05, 0.1) is 5.38 Å². The summed E-state index contributed by atoms with van der Waals surface area (Å²) < 4.78 is 0. The van der Waals surface area contributed by atoms with Crippen molar-refractivity contribution in [2.75, 3.05) is 0 Å². The Morgan fingerprint density at radius 3 is 2.37 bits per heavy atom. The van der Waals surface area contributed by atoms with Crippen molar-refractivity contribution in [3.05, 3.63) is 69.2 Å². The van der Waals surface area contributed by atoms with Crippen LogP contribution < -0.4 is 0 Å². The number of halogens is 2. The minimum atomic E-state index is -0.0160. The Labute approximate surface area is 125 Å². The Kier molecular flexibility index (Phi) is 4.54. The maximum Gasteiger partial charge on any atom is 0.0628 e. The molecule has 0 radical (unpaired) electrons. The first-order chi connectivity index (χ1) is 8.97. The van der Waals surface area contributed by atoms with Crippen LogP contribution in [-0.4, -0.2) is 0 Å². The summed E-state index contributed by atoms with van der Waals surface area (Å²) in [7, 11) is 0. The Morgan fingerprint density at radius 1 is 0.947 bits per heavy atom. The number of benzene rings is 2. The molecule has 19 heavy (non-hydrogen) atoms. The zero-order valence-corrected chi connectivity index (χ0v) is 13.0. The lowest BCUT2D eigenvalue weighted by atomic mass is 9.96. The predicted molar refractivity (Wildman–Crippen MR) is 84.4 cm³/mol. The topological polar surface area (TPSA) is 0 Å². The molecule has 0 spiro atoms. The molecule has 0 heterocycles. The van der Waals surface area contributed by atoms with Gasteiger partial charge in [0.2, 0.25) is 0 Å². The summed E-state index contributed by atoms with van der Waals surface area (Å²) in [5, 5.41) is 0.745. The molecule has 0 aliphatic rings. The van der Waals surface area contributed by atoms with Crippen LogP contribution in [0.25, 0.3) is 0 Å².